The van der Waals surface area contributed by atoms with E-state index in [1.807, 2.05) is 0 Å². The van der Waals surface area contributed by atoms with Crippen LogP contribution in [0.5, 0.6) is 0 Å². The van der Waals surface area contributed by atoms with Crippen LogP contribution >= 0.6 is 0 Å². The first kappa shape index (κ1) is 11.4. The Hall–Kier alpha value is 0.383. The predicted molar refractivity (Wildman–Crippen MR) is 41.4 cm³/mol. The van der Waals surface area contributed by atoms with E-state index in [9.17, 15) is 0 Å². The SMILES string of the molecule is CC1(C)CC[N-]C1(C)C.[O]=[Ru+]. The van der Waals surface area contributed by atoms with Crippen molar-refractivity contribution in [1.29, 1.82) is 0 Å². The van der Waals surface area contributed by atoms with E-state index in [1.165, 1.54) is 6.42 Å². The fourth-order valence-corrected chi connectivity index (χ4v) is 1.13. The molecule has 0 radical (unpaired) electrons. The first-order valence-electron chi connectivity index (χ1n) is 3.79. The molecule has 0 aromatic rings. The first-order valence-corrected chi connectivity index (χ1v) is 4.50. The fraction of sp³-hybridized carbons (Fsp3) is 1.00. The van der Waals surface area contributed by atoms with Gasteiger partial charge in [-0.2, -0.15) is 0 Å². The van der Waals surface area contributed by atoms with Crippen LogP contribution in [0, 0.1) is 5.41 Å². The standard InChI is InChI=1S/C8H16N.O.Ru/c1-7(2)5-6-9-8(7,3)4;;/h5-6H2,1-4H3;;/q-1;;+1. The Kier molecular flexibility index (Phi) is 4.00. The molecule has 0 unspecified atom stereocenters. The summed E-state index contributed by atoms with van der Waals surface area (Å²) in [6.07, 6.45) is 1.25. The van der Waals surface area contributed by atoms with Gasteiger partial charge in [0.05, 0.1) is 0 Å². The zero-order chi connectivity index (χ0) is 9.12. The summed E-state index contributed by atoms with van der Waals surface area (Å²) >= 11 is 1.10. The number of rotatable bonds is 0. The molecular formula is C8H16NORu. The van der Waals surface area contributed by atoms with E-state index >= 15 is 0 Å². The van der Waals surface area contributed by atoms with E-state index in [0.717, 1.165) is 24.8 Å². The van der Waals surface area contributed by atoms with Crippen LogP contribution in [0.25, 0.3) is 5.32 Å². The van der Waals surface area contributed by atoms with Crippen molar-refractivity contribution in [2.75, 3.05) is 6.54 Å². The molecule has 1 aliphatic rings. The quantitative estimate of drug-likeness (QED) is 0.601. The molecule has 1 rings (SSSR count). The Bertz CT molecular complexity index is 120. The van der Waals surface area contributed by atoms with Gasteiger partial charge < -0.3 is 5.32 Å². The molecule has 0 amide bonds. The number of nitrogens with zero attached hydrogens (tertiary/aromatic N) is 1. The first-order chi connectivity index (χ1) is 4.96. The van der Waals surface area contributed by atoms with Crippen molar-refractivity contribution in [2.24, 2.45) is 5.41 Å². The maximum atomic E-state index is 8.18. The minimum atomic E-state index is 0.215. The summed E-state index contributed by atoms with van der Waals surface area (Å²) in [6.45, 7) is 10.1. The van der Waals surface area contributed by atoms with E-state index in [4.69, 9.17) is 3.57 Å². The van der Waals surface area contributed by atoms with Gasteiger partial charge in [0, 0.05) is 0 Å². The second-order valence-electron chi connectivity index (χ2n) is 4.07. The topological polar surface area (TPSA) is 31.2 Å². The minimum absolute atomic E-state index is 0.215. The van der Waals surface area contributed by atoms with E-state index in [1.54, 1.807) is 0 Å². The molecule has 1 aliphatic heterocycles. The molecule has 1 heterocycles. The summed E-state index contributed by atoms with van der Waals surface area (Å²) in [5.41, 5.74) is 0.639. The normalized spacial score (nSPS) is 25.5. The molecule has 0 aliphatic carbocycles. The second-order valence-corrected chi connectivity index (χ2v) is 4.07. The van der Waals surface area contributed by atoms with E-state index in [2.05, 4.69) is 33.0 Å². The van der Waals surface area contributed by atoms with Crippen molar-refractivity contribution in [1.82, 2.24) is 0 Å². The molecule has 67 valence electrons. The third-order valence-electron chi connectivity index (χ3n) is 2.90. The number of hydrogen-bond acceptors (Lipinski definition) is 1. The van der Waals surface area contributed by atoms with Crippen molar-refractivity contribution in [3.8, 4) is 0 Å². The van der Waals surface area contributed by atoms with Gasteiger partial charge in [0.1, 0.15) is 0 Å². The Balaban J connectivity index is 0.000000461. The summed E-state index contributed by atoms with van der Waals surface area (Å²) in [5, 5.41) is 4.52. The van der Waals surface area contributed by atoms with Crippen molar-refractivity contribution >= 4 is 0 Å². The van der Waals surface area contributed by atoms with Crippen LogP contribution in [0.3, 0.4) is 0 Å². The monoisotopic (exact) mass is 244 g/mol. The van der Waals surface area contributed by atoms with Crippen LogP contribution < -0.4 is 0 Å². The van der Waals surface area contributed by atoms with Crippen molar-refractivity contribution in [3.05, 3.63) is 5.32 Å². The van der Waals surface area contributed by atoms with Crippen LogP contribution in [0.15, 0.2) is 0 Å². The summed E-state index contributed by atoms with van der Waals surface area (Å²) in [7, 11) is 0. The molecule has 0 aromatic carbocycles. The average molecular weight is 243 g/mol. The van der Waals surface area contributed by atoms with Crippen LogP contribution in [0.4, 0.5) is 0 Å². The fourth-order valence-electron chi connectivity index (χ4n) is 1.13. The Labute approximate surface area is 79.1 Å². The molecule has 2 nitrogen and oxygen atoms in total. The molecule has 1 fully saturated rings. The van der Waals surface area contributed by atoms with Gasteiger partial charge in [0.15, 0.2) is 0 Å². The van der Waals surface area contributed by atoms with E-state index in [0.29, 0.717) is 5.41 Å². The molecule has 11 heavy (non-hydrogen) atoms. The van der Waals surface area contributed by atoms with Gasteiger partial charge in [-0.05, 0) is 0 Å². The van der Waals surface area contributed by atoms with Crippen LogP contribution in [0.2, 0.25) is 0 Å². The van der Waals surface area contributed by atoms with Crippen LogP contribution in [-0.2, 0) is 21.8 Å². The zero-order valence-electron chi connectivity index (χ0n) is 7.62. The maximum absolute atomic E-state index is 8.18. The Morgan fingerprint density at radius 3 is 1.73 bits per heavy atom. The second kappa shape index (κ2) is 3.86. The van der Waals surface area contributed by atoms with Crippen molar-refractivity contribution in [2.45, 2.75) is 39.7 Å². The number of hydrogen-bond donors (Lipinski definition) is 0. The van der Waals surface area contributed by atoms with Gasteiger partial charge in [-0.15, -0.1) is 12.1 Å². The van der Waals surface area contributed by atoms with Gasteiger partial charge >= 0.3 is 21.8 Å². The molecule has 0 bridgehead atoms. The third kappa shape index (κ3) is 2.41. The van der Waals surface area contributed by atoms with Gasteiger partial charge in [0.2, 0.25) is 0 Å². The molecule has 0 atom stereocenters. The zero-order valence-corrected chi connectivity index (χ0v) is 9.36. The molecular weight excluding hydrogens is 227 g/mol. The molecule has 1 saturated heterocycles. The van der Waals surface area contributed by atoms with Crippen molar-refractivity contribution < 1.29 is 21.8 Å². The summed E-state index contributed by atoms with van der Waals surface area (Å²) < 4.78 is 8.18. The van der Waals surface area contributed by atoms with E-state index < -0.39 is 0 Å². The van der Waals surface area contributed by atoms with Gasteiger partial charge in [-0.25, -0.2) is 0 Å². The van der Waals surface area contributed by atoms with Gasteiger partial charge in [0.25, 0.3) is 0 Å². The Morgan fingerprint density at radius 2 is 1.64 bits per heavy atom. The third-order valence-corrected chi connectivity index (χ3v) is 2.90. The molecule has 0 N–H and O–H groups in total. The summed E-state index contributed by atoms with van der Waals surface area (Å²) in [4.78, 5) is 0. The van der Waals surface area contributed by atoms with Crippen LogP contribution in [0.1, 0.15) is 34.1 Å². The van der Waals surface area contributed by atoms with E-state index in [-0.39, 0.29) is 5.54 Å². The molecule has 0 aromatic heterocycles. The molecule has 3 heteroatoms. The average Bonchev–Trinajstić information content (AvgIpc) is 2.12. The predicted octanol–water partition coefficient (Wildman–Crippen LogP) is 2.45. The molecule has 0 spiro atoms. The van der Waals surface area contributed by atoms with Crippen molar-refractivity contribution in [3.63, 3.8) is 0 Å². The summed E-state index contributed by atoms with van der Waals surface area (Å²) in [5.74, 6) is 0. The Morgan fingerprint density at radius 1 is 1.18 bits per heavy atom. The van der Waals surface area contributed by atoms with Gasteiger partial charge in [-0.3, -0.25) is 0 Å². The molecule has 0 saturated carbocycles. The summed E-state index contributed by atoms with van der Waals surface area (Å²) in [6, 6.07) is 0. The van der Waals surface area contributed by atoms with Crippen LogP contribution in [-0.4, -0.2) is 12.1 Å². The van der Waals surface area contributed by atoms with Gasteiger partial charge in [-0.1, -0.05) is 39.5 Å².